The van der Waals surface area contributed by atoms with E-state index in [-0.39, 0.29) is 11.9 Å². The minimum Gasteiger partial charge on any atom is -0.336 e. The fourth-order valence-corrected chi connectivity index (χ4v) is 6.68. The fraction of sp³-hybridized carbons (Fsp3) is 0.407. The van der Waals surface area contributed by atoms with Gasteiger partial charge in [-0.1, -0.05) is 12.5 Å². The lowest BCUT2D eigenvalue weighted by molar-refractivity contribution is -0.118. The van der Waals surface area contributed by atoms with Crippen molar-refractivity contribution in [1.82, 2.24) is 14.2 Å². The van der Waals surface area contributed by atoms with Gasteiger partial charge in [0.05, 0.1) is 4.90 Å². The van der Waals surface area contributed by atoms with Crippen molar-refractivity contribution in [3.63, 3.8) is 0 Å². The van der Waals surface area contributed by atoms with E-state index in [2.05, 4.69) is 10.6 Å². The van der Waals surface area contributed by atoms with Crippen molar-refractivity contribution >= 4 is 44.2 Å². The second-order valence-electron chi connectivity index (χ2n) is 9.91. The second kappa shape index (κ2) is 9.83. The van der Waals surface area contributed by atoms with Gasteiger partial charge in [-0.25, -0.2) is 13.2 Å². The maximum Gasteiger partial charge on any atom is 0.321 e. The molecule has 2 aromatic carbocycles. The molecule has 196 valence electrons. The van der Waals surface area contributed by atoms with Crippen molar-refractivity contribution in [2.75, 3.05) is 36.4 Å². The summed E-state index contributed by atoms with van der Waals surface area (Å²) in [4.78, 5) is 27.3. The van der Waals surface area contributed by atoms with Gasteiger partial charge < -0.3 is 15.2 Å². The van der Waals surface area contributed by atoms with Crippen LogP contribution in [-0.4, -0.2) is 55.4 Å². The first-order valence-corrected chi connectivity index (χ1v) is 14.2. The quantitative estimate of drug-likeness (QED) is 0.506. The molecule has 1 aromatic heterocycles. The first kappa shape index (κ1) is 25.3. The highest BCUT2D eigenvalue weighted by atomic mass is 32.2. The monoisotopic (exact) mass is 523 g/mol. The third kappa shape index (κ3) is 4.71. The summed E-state index contributed by atoms with van der Waals surface area (Å²) in [5, 5.41) is 6.62. The summed E-state index contributed by atoms with van der Waals surface area (Å²) < 4.78 is 29.8. The highest BCUT2D eigenvalue weighted by Gasteiger charge is 2.27. The van der Waals surface area contributed by atoms with Gasteiger partial charge >= 0.3 is 6.03 Å². The number of benzene rings is 2. The number of aryl methyl sites for hydroxylation is 2. The lowest BCUT2D eigenvalue weighted by Gasteiger charge is -2.26. The summed E-state index contributed by atoms with van der Waals surface area (Å²) in [5.74, 6) is -0.201. The first-order chi connectivity index (χ1) is 17.7. The van der Waals surface area contributed by atoms with E-state index < -0.39 is 16.1 Å². The minimum atomic E-state index is -3.55. The normalized spacial score (nSPS) is 17.7. The van der Waals surface area contributed by atoms with Crippen LogP contribution < -0.4 is 15.5 Å². The van der Waals surface area contributed by atoms with Gasteiger partial charge in [-0.05, 0) is 75.1 Å². The standard InChI is InChI=1S/C27H33N5O4S/c1-18-7-8-21(31-14-11-28-27(31)34)15-24(18)29-26(33)20(3)32-17-19(2)23-16-22(9-10-25(23)32)37(35,36)30-12-5-4-6-13-30/h7-10,15-17,20H,4-6,11-14H2,1-3H3,(H,28,34)(H,29,33). The molecule has 37 heavy (non-hydrogen) atoms. The molecule has 3 amide bonds. The Kier molecular flexibility index (Phi) is 6.72. The van der Waals surface area contributed by atoms with E-state index in [4.69, 9.17) is 0 Å². The number of aromatic nitrogens is 1. The molecular formula is C27H33N5O4S. The first-order valence-electron chi connectivity index (χ1n) is 12.7. The Labute approximate surface area is 217 Å². The lowest BCUT2D eigenvalue weighted by Crippen LogP contribution is -2.35. The summed E-state index contributed by atoms with van der Waals surface area (Å²) in [6, 6.07) is 10.1. The molecule has 2 aliphatic rings. The zero-order chi connectivity index (χ0) is 26.3. The van der Waals surface area contributed by atoms with E-state index in [1.165, 1.54) is 0 Å². The zero-order valence-corrected chi connectivity index (χ0v) is 22.3. The predicted octanol–water partition coefficient (Wildman–Crippen LogP) is 4.16. The van der Waals surface area contributed by atoms with Crippen molar-refractivity contribution in [1.29, 1.82) is 0 Å². The van der Waals surface area contributed by atoms with E-state index in [9.17, 15) is 18.0 Å². The highest BCUT2D eigenvalue weighted by molar-refractivity contribution is 7.89. The van der Waals surface area contributed by atoms with E-state index >= 15 is 0 Å². The molecule has 3 aromatic rings. The molecule has 10 heteroatoms. The number of carbonyl (C=O) groups is 2. The maximum absolute atomic E-state index is 13.3. The van der Waals surface area contributed by atoms with Crippen LogP contribution in [0.2, 0.25) is 0 Å². The van der Waals surface area contributed by atoms with Crippen molar-refractivity contribution in [2.45, 2.75) is 51.0 Å². The Morgan fingerprint density at radius 3 is 2.46 bits per heavy atom. The van der Waals surface area contributed by atoms with Gasteiger partial charge in [0.15, 0.2) is 0 Å². The van der Waals surface area contributed by atoms with Gasteiger partial charge in [-0.15, -0.1) is 0 Å². The molecule has 3 heterocycles. The van der Waals surface area contributed by atoms with Crippen LogP contribution in [0.15, 0.2) is 47.5 Å². The molecule has 0 radical (unpaired) electrons. The van der Waals surface area contributed by atoms with Crippen molar-refractivity contribution < 1.29 is 18.0 Å². The van der Waals surface area contributed by atoms with Crippen LogP contribution in [0.4, 0.5) is 16.2 Å². The third-order valence-electron chi connectivity index (χ3n) is 7.40. The average Bonchev–Trinajstić information content (AvgIpc) is 3.48. The number of carbonyl (C=O) groups excluding carboxylic acids is 2. The molecule has 0 aliphatic carbocycles. The van der Waals surface area contributed by atoms with Crippen molar-refractivity contribution in [3.05, 3.63) is 53.7 Å². The van der Waals surface area contributed by atoms with Crippen molar-refractivity contribution in [3.8, 4) is 0 Å². The Hall–Kier alpha value is -3.37. The van der Waals surface area contributed by atoms with Gasteiger partial charge in [0.2, 0.25) is 15.9 Å². The number of sulfonamides is 1. The van der Waals surface area contributed by atoms with Crippen LogP contribution in [0.1, 0.15) is 43.4 Å². The molecule has 1 atom stereocenters. The Morgan fingerprint density at radius 2 is 1.76 bits per heavy atom. The van der Waals surface area contributed by atoms with Gasteiger partial charge in [-0.3, -0.25) is 9.69 Å². The Bertz CT molecular complexity index is 1470. The number of rotatable bonds is 6. The molecular weight excluding hydrogens is 490 g/mol. The molecule has 2 fully saturated rings. The number of piperidine rings is 1. The lowest BCUT2D eigenvalue weighted by atomic mass is 10.1. The van der Waals surface area contributed by atoms with Crippen LogP contribution in [0.3, 0.4) is 0 Å². The summed E-state index contributed by atoms with van der Waals surface area (Å²) >= 11 is 0. The summed E-state index contributed by atoms with van der Waals surface area (Å²) in [6.45, 7) is 7.94. The van der Waals surface area contributed by atoms with Crippen LogP contribution in [0.25, 0.3) is 10.9 Å². The Morgan fingerprint density at radius 1 is 1.00 bits per heavy atom. The van der Waals surface area contributed by atoms with E-state index in [1.807, 2.05) is 49.7 Å². The average molecular weight is 524 g/mol. The summed E-state index contributed by atoms with van der Waals surface area (Å²) in [6.07, 6.45) is 4.72. The largest absolute Gasteiger partial charge is 0.336 e. The summed E-state index contributed by atoms with van der Waals surface area (Å²) in [7, 11) is -3.55. The molecule has 2 N–H and O–H groups in total. The SMILES string of the molecule is Cc1ccc(N2CCNC2=O)cc1NC(=O)C(C)n1cc(C)c2cc(S(=O)(=O)N3CCCCC3)ccc21. The number of amides is 3. The molecule has 9 nitrogen and oxygen atoms in total. The molecule has 5 rings (SSSR count). The van der Waals surface area contributed by atoms with Gasteiger partial charge in [0.25, 0.3) is 0 Å². The van der Waals surface area contributed by atoms with Gasteiger partial charge in [0.1, 0.15) is 6.04 Å². The number of hydrogen-bond donors (Lipinski definition) is 2. The topological polar surface area (TPSA) is 104 Å². The second-order valence-corrected chi connectivity index (χ2v) is 11.8. The minimum absolute atomic E-state index is 0.148. The van der Waals surface area contributed by atoms with Crippen molar-refractivity contribution in [2.24, 2.45) is 0 Å². The van der Waals surface area contributed by atoms with Crippen LogP contribution in [-0.2, 0) is 14.8 Å². The smallest absolute Gasteiger partial charge is 0.321 e. The fourth-order valence-electron chi connectivity index (χ4n) is 5.13. The number of urea groups is 1. The molecule has 0 bridgehead atoms. The van der Waals surface area contributed by atoms with Crippen LogP contribution in [0.5, 0.6) is 0 Å². The molecule has 0 saturated carbocycles. The van der Waals surface area contributed by atoms with Crippen LogP contribution >= 0.6 is 0 Å². The number of hydrogen-bond acceptors (Lipinski definition) is 4. The highest BCUT2D eigenvalue weighted by Crippen LogP contribution is 2.30. The zero-order valence-electron chi connectivity index (χ0n) is 21.5. The molecule has 1 unspecified atom stereocenters. The van der Waals surface area contributed by atoms with E-state index in [0.717, 1.165) is 47.0 Å². The number of nitrogens with zero attached hydrogens (tertiary/aromatic N) is 3. The van der Waals surface area contributed by atoms with E-state index in [0.29, 0.717) is 36.8 Å². The maximum atomic E-state index is 13.3. The predicted molar refractivity (Wildman–Crippen MR) is 145 cm³/mol. The number of anilines is 2. The molecule has 0 spiro atoms. The summed E-state index contributed by atoms with van der Waals surface area (Å²) in [5.41, 5.74) is 3.98. The van der Waals surface area contributed by atoms with E-state index in [1.54, 1.807) is 27.4 Å². The molecule has 2 saturated heterocycles. The number of fused-ring (bicyclic) bond motifs is 1. The van der Waals surface area contributed by atoms with Gasteiger partial charge in [-0.2, -0.15) is 4.31 Å². The number of nitrogens with one attached hydrogen (secondary N) is 2. The van der Waals surface area contributed by atoms with Crippen LogP contribution in [0, 0.1) is 13.8 Å². The Balaban J connectivity index is 1.40. The molecule has 2 aliphatic heterocycles. The van der Waals surface area contributed by atoms with Gasteiger partial charge in [0, 0.05) is 54.7 Å². The third-order valence-corrected chi connectivity index (χ3v) is 9.30.